The maximum absolute atomic E-state index is 4.71. The summed E-state index contributed by atoms with van der Waals surface area (Å²) in [6.45, 7) is 7.54. The molecule has 0 aromatic carbocycles. The number of hydrogen-bond acceptors (Lipinski definition) is 3. The van der Waals surface area contributed by atoms with Gasteiger partial charge in [-0.3, -0.25) is 4.99 Å². The Balaban J connectivity index is 2.00. The average Bonchev–Trinajstić information content (AvgIpc) is 2.72. The van der Waals surface area contributed by atoms with E-state index in [1.807, 2.05) is 23.1 Å². The summed E-state index contributed by atoms with van der Waals surface area (Å²) < 4.78 is 0. The smallest absolute Gasteiger partial charge is 0.157 e. The topological polar surface area (TPSA) is 24.4 Å². The minimum absolute atomic E-state index is 0.555. The van der Waals surface area contributed by atoms with E-state index in [0.717, 1.165) is 18.1 Å². The molecule has 0 bridgehead atoms. The van der Waals surface area contributed by atoms with Gasteiger partial charge in [0.05, 0.1) is 6.54 Å². The molecular weight excluding hydrogens is 248 g/mol. The summed E-state index contributed by atoms with van der Waals surface area (Å²) in [4.78, 5) is 6.12. The summed E-state index contributed by atoms with van der Waals surface area (Å²) in [5, 5.41) is 7.43. The van der Waals surface area contributed by atoms with E-state index < -0.39 is 0 Å². The number of hydrogen-bond donors (Lipinski definition) is 1. The van der Waals surface area contributed by atoms with E-state index in [-0.39, 0.29) is 0 Å². The van der Waals surface area contributed by atoms with E-state index in [1.54, 1.807) is 0 Å². The fourth-order valence-corrected chi connectivity index (χ4v) is 4.16. The van der Waals surface area contributed by atoms with Crippen LogP contribution in [0, 0.1) is 0 Å². The van der Waals surface area contributed by atoms with E-state index in [4.69, 9.17) is 4.99 Å². The van der Waals surface area contributed by atoms with Gasteiger partial charge in [0.25, 0.3) is 0 Å². The van der Waals surface area contributed by atoms with Crippen molar-refractivity contribution in [3.63, 3.8) is 0 Å². The van der Waals surface area contributed by atoms with Crippen LogP contribution >= 0.6 is 23.1 Å². The molecule has 0 amide bonds. The summed E-state index contributed by atoms with van der Waals surface area (Å²) >= 11 is 3.69. The van der Waals surface area contributed by atoms with Crippen molar-refractivity contribution in [3.05, 3.63) is 21.9 Å². The highest BCUT2D eigenvalue weighted by molar-refractivity contribution is 8.14. The zero-order chi connectivity index (χ0) is 12.3. The second-order valence-corrected chi connectivity index (χ2v) is 6.98. The first kappa shape index (κ1) is 13.0. The predicted octanol–water partition coefficient (Wildman–Crippen LogP) is 3.67. The molecule has 0 radical (unpaired) electrons. The van der Waals surface area contributed by atoms with Crippen LogP contribution in [-0.2, 0) is 13.0 Å². The van der Waals surface area contributed by atoms with Crippen LogP contribution in [0.25, 0.3) is 0 Å². The van der Waals surface area contributed by atoms with Crippen molar-refractivity contribution in [1.82, 2.24) is 5.32 Å². The van der Waals surface area contributed by atoms with Crippen LogP contribution in [0.15, 0.2) is 16.4 Å². The molecule has 0 spiro atoms. The average molecular weight is 268 g/mol. The largest absolute Gasteiger partial charge is 0.362 e. The number of amidine groups is 1. The first-order chi connectivity index (χ1) is 8.19. The minimum Gasteiger partial charge on any atom is -0.362 e. The van der Waals surface area contributed by atoms with Gasteiger partial charge in [0.1, 0.15) is 0 Å². The van der Waals surface area contributed by atoms with Crippen LogP contribution in [0.1, 0.15) is 37.6 Å². The Morgan fingerprint density at radius 3 is 3.00 bits per heavy atom. The summed E-state index contributed by atoms with van der Waals surface area (Å²) in [5.41, 5.74) is 1.45. The van der Waals surface area contributed by atoms with E-state index in [2.05, 4.69) is 37.5 Å². The van der Waals surface area contributed by atoms with Gasteiger partial charge >= 0.3 is 0 Å². The molecule has 2 nitrogen and oxygen atoms in total. The Hall–Kier alpha value is -0.480. The lowest BCUT2D eigenvalue weighted by Gasteiger charge is -2.26. The van der Waals surface area contributed by atoms with Crippen LogP contribution < -0.4 is 5.32 Å². The standard InChI is InChI=1S/C13H20N2S2/c1-4-11-5-6-16-12(11)8-14-13-15-9(2)7-10(3)17-13/h5-6,9-10H,4,7-8H2,1-3H3,(H,14,15). The molecule has 1 aromatic heterocycles. The van der Waals surface area contributed by atoms with Gasteiger partial charge in [0, 0.05) is 16.2 Å². The van der Waals surface area contributed by atoms with Gasteiger partial charge in [-0.05, 0) is 36.8 Å². The number of nitrogens with one attached hydrogen (secondary N) is 1. The van der Waals surface area contributed by atoms with E-state index >= 15 is 0 Å². The van der Waals surface area contributed by atoms with Gasteiger partial charge in [-0.1, -0.05) is 25.6 Å². The lowest BCUT2D eigenvalue weighted by molar-refractivity contribution is 0.597. The van der Waals surface area contributed by atoms with Crippen LogP contribution in [0.5, 0.6) is 0 Å². The highest BCUT2D eigenvalue weighted by Crippen LogP contribution is 2.24. The molecule has 4 heteroatoms. The van der Waals surface area contributed by atoms with Gasteiger partial charge in [-0.25, -0.2) is 0 Å². The van der Waals surface area contributed by atoms with Crippen LogP contribution in [0.2, 0.25) is 0 Å². The third-order valence-corrected chi connectivity index (χ3v) is 4.97. The minimum atomic E-state index is 0.555. The summed E-state index contributed by atoms with van der Waals surface area (Å²) in [5.74, 6) is 0. The highest BCUT2D eigenvalue weighted by Gasteiger charge is 2.19. The maximum atomic E-state index is 4.71. The number of aliphatic imine (C=N–C) groups is 1. The van der Waals surface area contributed by atoms with E-state index in [9.17, 15) is 0 Å². The molecule has 94 valence electrons. The summed E-state index contributed by atoms with van der Waals surface area (Å²) in [6, 6.07) is 2.77. The maximum Gasteiger partial charge on any atom is 0.157 e. The quantitative estimate of drug-likeness (QED) is 0.904. The first-order valence-corrected chi connectivity index (χ1v) is 7.97. The molecule has 2 heterocycles. The Labute approximate surface area is 112 Å². The summed E-state index contributed by atoms with van der Waals surface area (Å²) in [6.07, 6.45) is 2.33. The molecule has 17 heavy (non-hydrogen) atoms. The van der Waals surface area contributed by atoms with Crippen LogP contribution in [0.4, 0.5) is 0 Å². The van der Waals surface area contributed by atoms with Crippen LogP contribution in [0.3, 0.4) is 0 Å². The first-order valence-electron chi connectivity index (χ1n) is 6.22. The molecule has 1 aliphatic rings. The van der Waals surface area contributed by atoms with Crippen molar-refractivity contribution in [2.45, 2.75) is 51.4 Å². The van der Waals surface area contributed by atoms with Gasteiger partial charge in [0.15, 0.2) is 5.17 Å². The van der Waals surface area contributed by atoms with Crippen molar-refractivity contribution < 1.29 is 0 Å². The van der Waals surface area contributed by atoms with E-state index in [1.165, 1.54) is 16.9 Å². The van der Waals surface area contributed by atoms with E-state index in [0.29, 0.717) is 11.3 Å². The molecule has 2 unspecified atom stereocenters. The van der Waals surface area contributed by atoms with Gasteiger partial charge in [0.2, 0.25) is 0 Å². The highest BCUT2D eigenvalue weighted by atomic mass is 32.2. The van der Waals surface area contributed by atoms with Crippen molar-refractivity contribution in [2.24, 2.45) is 4.99 Å². The van der Waals surface area contributed by atoms with Gasteiger partial charge in [-0.2, -0.15) is 0 Å². The fraction of sp³-hybridized carbons (Fsp3) is 0.615. The lowest BCUT2D eigenvalue weighted by atomic mass is 10.2. The monoisotopic (exact) mass is 268 g/mol. The Morgan fingerprint density at radius 2 is 2.29 bits per heavy atom. The normalized spacial score (nSPS) is 27.1. The molecule has 0 aliphatic carbocycles. The molecule has 1 N–H and O–H groups in total. The van der Waals surface area contributed by atoms with Crippen molar-refractivity contribution in [3.8, 4) is 0 Å². The number of nitrogens with zero attached hydrogens (tertiary/aromatic N) is 1. The number of rotatable bonds is 3. The molecule has 2 atom stereocenters. The van der Waals surface area contributed by atoms with Gasteiger partial charge < -0.3 is 5.32 Å². The Kier molecular flexibility index (Phi) is 4.51. The molecule has 1 saturated heterocycles. The number of thiophene rings is 1. The van der Waals surface area contributed by atoms with Crippen molar-refractivity contribution in [1.29, 1.82) is 0 Å². The van der Waals surface area contributed by atoms with Crippen LogP contribution in [-0.4, -0.2) is 16.5 Å². The SMILES string of the molecule is CCc1ccsc1CN=C1NC(C)CC(C)S1. The number of aryl methyl sites for hydroxylation is 1. The zero-order valence-electron chi connectivity index (χ0n) is 10.7. The Morgan fingerprint density at radius 1 is 1.47 bits per heavy atom. The van der Waals surface area contributed by atoms with Crippen molar-refractivity contribution in [2.75, 3.05) is 0 Å². The molecule has 1 aromatic rings. The molecular formula is C13H20N2S2. The fourth-order valence-electron chi connectivity index (χ4n) is 2.09. The molecule has 1 fully saturated rings. The molecule has 1 aliphatic heterocycles. The zero-order valence-corrected chi connectivity index (χ0v) is 12.3. The predicted molar refractivity (Wildman–Crippen MR) is 79.1 cm³/mol. The third kappa shape index (κ3) is 3.49. The van der Waals surface area contributed by atoms with Crippen molar-refractivity contribution >= 4 is 28.3 Å². The summed E-state index contributed by atoms with van der Waals surface area (Å²) in [7, 11) is 0. The second kappa shape index (κ2) is 5.91. The molecule has 0 saturated carbocycles. The number of thioether (sulfide) groups is 1. The lowest BCUT2D eigenvalue weighted by Crippen LogP contribution is -2.38. The second-order valence-electron chi connectivity index (χ2n) is 4.55. The van der Waals surface area contributed by atoms with Gasteiger partial charge in [-0.15, -0.1) is 11.3 Å². The molecule has 2 rings (SSSR count). The Bertz CT molecular complexity index is 386. The third-order valence-electron chi connectivity index (χ3n) is 2.95.